The smallest absolute Gasteiger partial charge is 0.855 e. The van der Waals surface area contributed by atoms with Crippen LogP contribution in [-0.2, 0) is 0 Å². The first-order chi connectivity index (χ1) is 7.07. The number of hydrogen-bond donors (Lipinski definition) is 0. The Morgan fingerprint density at radius 2 is 0.471 bits per heavy atom. The third kappa shape index (κ3) is 3230. The largest absolute Gasteiger partial charge is 3.00 e. The van der Waals surface area contributed by atoms with E-state index in [4.69, 9.17) is 25.5 Å². The van der Waals surface area contributed by atoms with E-state index in [9.17, 15) is 0 Å². The van der Waals surface area contributed by atoms with E-state index in [0.29, 0.717) is 0 Å². The summed E-state index contributed by atoms with van der Waals surface area (Å²) >= 11 is 0. The third-order valence-corrected chi connectivity index (χ3v) is 0. The van der Waals surface area contributed by atoms with Crippen molar-refractivity contribution in [3.05, 3.63) is 0 Å². The summed E-state index contributed by atoms with van der Waals surface area (Å²) in [4.78, 5) is 0. The first-order valence-electron chi connectivity index (χ1n) is 4.98. The first kappa shape index (κ1) is 43.0. The molecule has 0 aromatic heterocycles. The van der Waals surface area contributed by atoms with Crippen LogP contribution in [0.25, 0.3) is 0 Å². The number of rotatable bonds is 0. The molecule has 0 atom stereocenters. The van der Waals surface area contributed by atoms with Crippen molar-refractivity contribution in [2.24, 2.45) is 0 Å². The molecule has 0 saturated heterocycles. The van der Waals surface area contributed by atoms with Crippen LogP contribution < -0.4 is 25.5 Å². The second-order valence-electron chi connectivity index (χ2n) is 1.44. The minimum Gasteiger partial charge on any atom is -0.855 e. The maximum Gasteiger partial charge on any atom is 3.00 e. The van der Waals surface area contributed by atoms with Crippen LogP contribution in [0, 0.1) is 0 Å². The van der Waals surface area contributed by atoms with Gasteiger partial charge in [-0.15, -0.1) is 33.0 Å². The van der Waals surface area contributed by atoms with Gasteiger partial charge in [-0.1, -0.05) is 34.6 Å². The molecule has 0 aliphatic carbocycles. The van der Waals surface area contributed by atoms with Gasteiger partial charge in [-0.2, -0.15) is 0 Å². The fourth-order valence-corrected chi connectivity index (χ4v) is 0. The van der Waals surface area contributed by atoms with Crippen LogP contribution in [0.2, 0.25) is 0 Å². The van der Waals surface area contributed by atoms with Crippen LogP contribution in [0.15, 0.2) is 0 Å². The molecule has 0 bridgehead atoms. The minimum atomic E-state index is 0. The van der Waals surface area contributed by atoms with E-state index in [1.807, 2.05) is 0 Å². The maximum absolute atomic E-state index is 8.93. The summed E-state index contributed by atoms with van der Waals surface area (Å²) in [5.74, 6) is 0. The molecule has 0 amide bonds. The fourth-order valence-electron chi connectivity index (χ4n) is 0. The molecule has 0 radical (unpaired) electrons. The van der Waals surface area contributed by atoms with Crippen LogP contribution in [0.1, 0.15) is 34.6 Å². The van der Waals surface area contributed by atoms with E-state index in [2.05, 4.69) is 0 Å². The Bertz CT molecular complexity index is 36.3. The molecule has 0 aliphatic heterocycles. The second kappa shape index (κ2) is 119. The van der Waals surface area contributed by atoms with Crippen molar-refractivity contribution in [2.75, 3.05) is 33.0 Å². The summed E-state index contributed by atoms with van der Waals surface area (Å²) < 4.78 is 0. The molecule has 100 valence electrons. The van der Waals surface area contributed by atoms with Crippen molar-refractivity contribution in [1.82, 2.24) is 0 Å². The molecular formula is C10H25AlMgO5. The molecule has 0 spiro atoms. The Hall–Kier alpha value is 1.10. The molecule has 0 aliphatic rings. The molecule has 0 saturated carbocycles. The zero-order valence-electron chi connectivity index (χ0n) is 11.9. The van der Waals surface area contributed by atoms with Gasteiger partial charge in [0.2, 0.25) is 0 Å². The molecule has 17 heavy (non-hydrogen) atoms. The SMILES string of the molecule is CC[O-].CC[O-].CC[O-].CC[O-].CC[O-].[Al+3].[Mg+2]. The van der Waals surface area contributed by atoms with Crippen molar-refractivity contribution >= 4 is 40.4 Å². The van der Waals surface area contributed by atoms with Gasteiger partial charge in [0.05, 0.1) is 0 Å². The predicted octanol–water partition coefficient (Wildman–Crippen LogP) is -3.93. The van der Waals surface area contributed by atoms with Crippen LogP contribution in [-0.4, -0.2) is 73.4 Å². The van der Waals surface area contributed by atoms with Crippen molar-refractivity contribution in [3.8, 4) is 0 Å². The van der Waals surface area contributed by atoms with Crippen LogP contribution in [0.3, 0.4) is 0 Å². The molecule has 7 heteroatoms. The van der Waals surface area contributed by atoms with E-state index in [1.165, 1.54) is 0 Å². The molecular weight excluding hydrogens is 251 g/mol. The molecule has 0 heterocycles. The van der Waals surface area contributed by atoms with E-state index in [1.54, 1.807) is 34.6 Å². The van der Waals surface area contributed by atoms with Gasteiger partial charge in [-0.25, -0.2) is 0 Å². The zero-order valence-corrected chi connectivity index (χ0v) is 14.4. The maximum atomic E-state index is 8.93. The summed E-state index contributed by atoms with van der Waals surface area (Å²) in [6.45, 7) is 7.85. The van der Waals surface area contributed by atoms with E-state index in [0.717, 1.165) is 0 Å². The van der Waals surface area contributed by atoms with Crippen LogP contribution in [0.4, 0.5) is 0 Å². The minimum absolute atomic E-state index is 0. The molecule has 0 rings (SSSR count). The van der Waals surface area contributed by atoms with Gasteiger partial charge in [0.25, 0.3) is 0 Å². The summed E-state index contributed by atoms with van der Waals surface area (Å²) in [7, 11) is 0. The van der Waals surface area contributed by atoms with Crippen LogP contribution >= 0.6 is 0 Å². The van der Waals surface area contributed by atoms with E-state index < -0.39 is 0 Å². The summed E-state index contributed by atoms with van der Waals surface area (Å²) in [6, 6.07) is 0. The van der Waals surface area contributed by atoms with Gasteiger partial charge in [0, 0.05) is 0 Å². The first-order valence-corrected chi connectivity index (χ1v) is 4.98. The normalized spacial score (nSPS) is 5.29. The molecule has 5 nitrogen and oxygen atoms in total. The van der Waals surface area contributed by atoms with Gasteiger partial charge in [0.1, 0.15) is 0 Å². The molecule has 0 fully saturated rings. The van der Waals surface area contributed by atoms with Crippen molar-refractivity contribution in [3.63, 3.8) is 0 Å². The fraction of sp³-hybridized carbons (Fsp3) is 1.00. The zero-order chi connectivity index (χ0) is 13.5. The Morgan fingerprint density at radius 1 is 0.471 bits per heavy atom. The van der Waals surface area contributed by atoms with Gasteiger partial charge in [-0.05, 0) is 0 Å². The van der Waals surface area contributed by atoms with Gasteiger partial charge >= 0.3 is 40.4 Å². The standard InChI is InChI=1S/5C2H5O.Al.Mg/c5*1-2-3;;/h5*2H2,1H3;;/q5*-1;+3;+2. The quantitative estimate of drug-likeness (QED) is 0.419. The Kier molecular flexibility index (Phi) is 301. The monoisotopic (exact) mass is 276 g/mol. The van der Waals surface area contributed by atoms with E-state index >= 15 is 0 Å². The Morgan fingerprint density at radius 3 is 0.471 bits per heavy atom. The van der Waals surface area contributed by atoms with E-state index in [-0.39, 0.29) is 73.4 Å². The second-order valence-corrected chi connectivity index (χ2v) is 1.44. The summed E-state index contributed by atoms with van der Waals surface area (Å²) in [6.07, 6.45) is 0. The van der Waals surface area contributed by atoms with Gasteiger partial charge in [0.15, 0.2) is 0 Å². The summed E-state index contributed by atoms with van der Waals surface area (Å²) in [5.41, 5.74) is 0. The Balaban J connectivity index is -0.0000000143. The molecule has 0 aromatic rings. The average molecular weight is 277 g/mol. The van der Waals surface area contributed by atoms with Crippen molar-refractivity contribution in [1.29, 1.82) is 0 Å². The van der Waals surface area contributed by atoms with Gasteiger partial charge < -0.3 is 25.5 Å². The topological polar surface area (TPSA) is 115 Å². The van der Waals surface area contributed by atoms with Gasteiger partial charge in [-0.3, -0.25) is 0 Å². The molecule has 0 aromatic carbocycles. The third-order valence-electron chi connectivity index (χ3n) is 0. The Labute approximate surface area is 133 Å². The molecule has 0 N–H and O–H groups in total. The average Bonchev–Trinajstić information content (AvgIpc) is 2.09. The van der Waals surface area contributed by atoms with Crippen molar-refractivity contribution < 1.29 is 25.5 Å². The molecule has 0 unspecified atom stereocenters. The summed E-state index contributed by atoms with van der Waals surface area (Å²) in [5, 5.41) is 44.7. The number of hydrogen-bond acceptors (Lipinski definition) is 5. The van der Waals surface area contributed by atoms with Crippen LogP contribution in [0.5, 0.6) is 0 Å². The predicted molar refractivity (Wildman–Crippen MR) is 64.2 cm³/mol. The van der Waals surface area contributed by atoms with Crippen molar-refractivity contribution in [2.45, 2.75) is 34.6 Å².